The number of hydrogen-bond acceptors (Lipinski definition) is 3. The summed E-state index contributed by atoms with van der Waals surface area (Å²) in [6, 6.07) is 3.85. The molecule has 2 N–H and O–H groups in total. The lowest BCUT2D eigenvalue weighted by molar-refractivity contribution is 0.128. The Labute approximate surface area is 130 Å². The molecule has 0 saturated carbocycles. The highest BCUT2D eigenvalue weighted by atomic mass is 19.1. The topological polar surface area (TPSA) is 61.8 Å². The molecule has 1 fully saturated rings. The van der Waals surface area contributed by atoms with E-state index in [4.69, 9.17) is 4.74 Å². The Morgan fingerprint density at radius 1 is 1.59 bits per heavy atom. The Kier molecular flexibility index (Phi) is 5.60. The van der Waals surface area contributed by atoms with Gasteiger partial charge >= 0.3 is 6.03 Å². The van der Waals surface area contributed by atoms with Gasteiger partial charge in [0, 0.05) is 19.7 Å². The van der Waals surface area contributed by atoms with Crippen LogP contribution in [0.3, 0.4) is 0 Å². The van der Waals surface area contributed by atoms with Crippen LogP contribution in [0.1, 0.15) is 31.4 Å². The van der Waals surface area contributed by atoms with E-state index in [0.29, 0.717) is 24.4 Å². The van der Waals surface area contributed by atoms with Crippen LogP contribution in [0.4, 0.5) is 9.18 Å². The van der Waals surface area contributed by atoms with E-state index < -0.39 is 11.9 Å². The number of amides is 2. The summed E-state index contributed by atoms with van der Waals surface area (Å²) in [6.45, 7) is 3.00. The number of halogens is 1. The van der Waals surface area contributed by atoms with Crippen molar-refractivity contribution in [2.75, 3.05) is 26.8 Å². The number of likely N-dealkylation sites (tertiary alicyclic amines) is 1. The van der Waals surface area contributed by atoms with Gasteiger partial charge in [0.25, 0.3) is 0 Å². The number of carbonyl (C=O) groups is 1. The van der Waals surface area contributed by atoms with Crippen molar-refractivity contribution >= 4 is 6.03 Å². The molecule has 6 heteroatoms. The molecular formula is C16H23FN2O3. The summed E-state index contributed by atoms with van der Waals surface area (Å²) >= 11 is 0. The Bertz CT molecular complexity index is 524. The molecule has 2 atom stereocenters. The van der Waals surface area contributed by atoms with Crippen molar-refractivity contribution in [2.45, 2.75) is 25.8 Å². The number of hydrogen-bond donors (Lipinski definition) is 2. The quantitative estimate of drug-likeness (QED) is 0.897. The van der Waals surface area contributed by atoms with Gasteiger partial charge in [-0.2, -0.15) is 0 Å². The molecule has 22 heavy (non-hydrogen) atoms. The van der Waals surface area contributed by atoms with Crippen molar-refractivity contribution in [3.05, 3.63) is 29.6 Å². The van der Waals surface area contributed by atoms with Gasteiger partial charge in [0.1, 0.15) is 11.6 Å². The van der Waals surface area contributed by atoms with E-state index in [-0.39, 0.29) is 18.6 Å². The van der Waals surface area contributed by atoms with E-state index in [1.807, 2.05) is 0 Å². The maximum Gasteiger partial charge on any atom is 0.317 e. The zero-order chi connectivity index (χ0) is 16.1. The lowest BCUT2D eigenvalue weighted by atomic mass is 9.99. The third-order valence-corrected chi connectivity index (χ3v) is 4.07. The molecule has 1 aliphatic heterocycles. The highest BCUT2D eigenvalue weighted by Crippen LogP contribution is 2.28. The molecule has 0 radical (unpaired) electrons. The number of methoxy groups -OCH3 is 1. The third-order valence-electron chi connectivity index (χ3n) is 4.07. The van der Waals surface area contributed by atoms with Gasteiger partial charge in [0.15, 0.2) is 0 Å². The molecule has 0 aromatic heterocycles. The average molecular weight is 310 g/mol. The first-order chi connectivity index (χ1) is 10.6. The standard InChI is InChI=1S/C16H23FN2O3/c1-11(15-13(17)6-3-7-14(15)22-2)18-16(21)19-8-4-5-12(9-19)10-20/h3,6-7,11-12,20H,4-5,8-10H2,1-2H3,(H,18,21). The number of rotatable bonds is 4. The summed E-state index contributed by atoms with van der Waals surface area (Å²) in [5.74, 6) is 0.136. The van der Waals surface area contributed by atoms with E-state index >= 15 is 0 Å². The number of nitrogens with zero attached hydrogens (tertiary/aromatic N) is 1. The van der Waals surface area contributed by atoms with Gasteiger partial charge in [0.2, 0.25) is 0 Å². The Balaban J connectivity index is 2.05. The molecule has 2 unspecified atom stereocenters. The smallest absolute Gasteiger partial charge is 0.317 e. The van der Waals surface area contributed by atoms with E-state index in [1.54, 1.807) is 24.0 Å². The first kappa shape index (κ1) is 16.5. The van der Waals surface area contributed by atoms with E-state index in [0.717, 1.165) is 12.8 Å². The lowest BCUT2D eigenvalue weighted by Crippen LogP contribution is -2.46. The monoisotopic (exact) mass is 310 g/mol. The van der Waals surface area contributed by atoms with Gasteiger partial charge < -0.3 is 20.1 Å². The fourth-order valence-corrected chi connectivity index (χ4v) is 2.86. The van der Waals surface area contributed by atoms with Crippen molar-refractivity contribution in [1.82, 2.24) is 10.2 Å². The molecule has 1 saturated heterocycles. The van der Waals surface area contributed by atoms with E-state index in [2.05, 4.69) is 5.32 Å². The minimum Gasteiger partial charge on any atom is -0.496 e. The average Bonchev–Trinajstić information content (AvgIpc) is 2.54. The predicted octanol–water partition coefficient (Wildman–Crippen LogP) is 2.31. The molecule has 0 spiro atoms. The van der Waals surface area contributed by atoms with Crippen LogP contribution < -0.4 is 10.1 Å². The molecule has 122 valence electrons. The molecule has 1 aromatic carbocycles. The molecule has 0 bridgehead atoms. The molecule has 5 nitrogen and oxygen atoms in total. The van der Waals surface area contributed by atoms with Gasteiger partial charge in [-0.05, 0) is 37.8 Å². The maximum atomic E-state index is 14.0. The van der Waals surface area contributed by atoms with Gasteiger partial charge in [-0.3, -0.25) is 0 Å². The zero-order valence-electron chi connectivity index (χ0n) is 13.0. The minimum atomic E-state index is -0.502. The number of piperidine rings is 1. The van der Waals surface area contributed by atoms with Crippen LogP contribution >= 0.6 is 0 Å². The minimum absolute atomic E-state index is 0.0838. The van der Waals surface area contributed by atoms with E-state index in [1.165, 1.54) is 13.2 Å². The number of benzene rings is 1. The first-order valence-corrected chi connectivity index (χ1v) is 7.55. The number of aliphatic hydroxyl groups is 1. The fraction of sp³-hybridized carbons (Fsp3) is 0.562. The largest absolute Gasteiger partial charge is 0.496 e. The second-order valence-electron chi connectivity index (χ2n) is 5.66. The molecule has 2 amide bonds. The summed E-state index contributed by atoms with van der Waals surface area (Å²) < 4.78 is 19.2. The highest BCUT2D eigenvalue weighted by Gasteiger charge is 2.25. The van der Waals surface area contributed by atoms with Crippen molar-refractivity contribution in [1.29, 1.82) is 0 Å². The number of carbonyl (C=O) groups excluding carboxylic acids is 1. The molecule has 0 aliphatic carbocycles. The van der Waals surface area contributed by atoms with Crippen molar-refractivity contribution in [2.24, 2.45) is 5.92 Å². The number of ether oxygens (including phenoxy) is 1. The molecule has 1 aromatic rings. The number of nitrogens with one attached hydrogen (secondary N) is 1. The zero-order valence-corrected chi connectivity index (χ0v) is 13.0. The van der Waals surface area contributed by atoms with Gasteiger partial charge in [-0.15, -0.1) is 0 Å². The van der Waals surface area contributed by atoms with Crippen LogP contribution in [0.15, 0.2) is 18.2 Å². The van der Waals surface area contributed by atoms with Crippen LogP contribution in [0.5, 0.6) is 5.75 Å². The van der Waals surface area contributed by atoms with Crippen LogP contribution in [-0.4, -0.2) is 42.8 Å². The fourth-order valence-electron chi connectivity index (χ4n) is 2.86. The number of aliphatic hydroxyl groups excluding tert-OH is 1. The van der Waals surface area contributed by atoms with Crippen LogP contribution in [-0.2, 0) is 0 Å². The second kappa shape index (κ2) is 7.45. The van der Waals surface area contributed by atoms with Crippen LogP contribution in [0.2, 0.25) is 0 Å². The molecule has 1 heterocycles. The summed E-state index contributed by atoms with van der Waals surface area (Å²) in [7, 11) is 1.48. The number of urea groups is 1. The van der Waals surface area contributed by atoms with Crippen molar-refractivity contribution < 1.29 is 19.0 Å². The summed E-state index contributed by atoms with van der Waals surface area (Å²) in [4.78, 5) is 14.0. The van der Waals surface area contributed by atoms with Crippen LogP contribution in [0, 0.1) is 11.7 Å². The predicted molar refractivity (Wildman–Crippen MR) is 81.3 cm³/mol. The SMILES string of the molecule is COc1cccc(F)c1C(C)NC(=O)N1CCCC(CO)C1. The summed E-state index contributed by atoms with van der Waals surface area (Å²) in [6.07, 6.45) is 1.80. The third kappa shape index (κ3) is 3.68. The Morgan fingerprint density at radius 3 is 3.05 bits per heavy atom. The van der Waals surface area contributed by atoms with Crippen LogP contribution in [0.25, 0.3) is 0 Å². The normalized spacial score (nSPS) is 19.6. The second-order valence-corrected chi connectivity index (χ2v) is 5.66. The maximum absolute atomic E-state index is 14.0. The highest BCUT2D eigenvalue weighted by molar-refractivity contribution is 5.75. The lowest BCUT2D eigenvalue weighted by Gasteiger charge is -2.33. The summed E-state index contributed by atoms with van der Waals surface area (Å²) in [5, 5.41) is 12.0. The van der Waals surface area contributed by atoms with Gasteiger partial charge in [-0.25, -0.2) is 9.18 Å². The molecule has 1 aliphatic rings. The molecule has 2 rings (SSSR count). The van der Waals surface area contributed by atoms with E-state index in [9.17, 15) is 14.3 Å². The van der Waals surface area contributed by atoms with Gasteiger partial charge in [-0.1, -0.05) is 6.07 Å². The van der Waals surface area contributed by atoms with Crippen molar-refractivity contribution in [3.63, 3.8) is 0 Å². The first-order valence-electron chi connectivity index (χ1n) is 7.55. The van der Waals surface area contributed by atoms with Gasteiger partial charge in [0.05, 0.1) is 18.7 Å². The Hall–Kier alpha value is -1.82. The molecular weight excluding hydrogens is 287 g/mol. The Morgan fingerprint density at radius 2 is 2.36 bits per heavy atom. The van der Waals surface area contributed by atoms with Crippen molar-refractivity contribution in [3.8, 4) is 5.75 Å². The summed E-state index contributed by atoms with van der Waals surface area (Å²) in [5.41, 5.74) is 0.342.